The van der Waals surface area contributed by atoms with Crippen molar-refractivity contribution in [3.8, 4) is 0 Å². The Labute approximate surface area is 158 Å². The van der Waals surface area contributed by atoms with E-state index in [1.807, 2.05) is 0 Å². The van der Waals surface area contributed by atoms with Gasteiger partial charge in [-0.15, -0.1) is 0 Å². The molecule has 0 unspecified atom stereocenters. The SMILES string of the molecule is CCO[SiH](CN(c1c(C(C)C)cccc1C(C)C)[Si](C)(C)C)OCC. The van der Waals surface area contributed by atoms with Crippen molar-refractivity contribution in [3.63, 3.8) is 0 Å². The summed E-state index contributed by atoms with van der Waals surface area (Å²) in [6, 6.07) is 6.82. The maximum Gasteiger partial charge on any atom is 0.340 e. The molecular formula is C20H39NO2Si2. The van der Waals surface area contributed by atoms with E-state index in [9.17, 15) is 0 Å². The van der Waals surface area contributed by atoms with Crippen molar-refractivity contribution in [1.82, 2.24) is 0 Å². The van der Waals surface area contributed by atoms with Gasteiger partial charge in [0, 0.05) is 18.9 Å². The van der Waals surface area contributed by atoms with Crippen LogP contribution in [0.5, 0.6) is 0 Å². The molecule has 1 aromatic rings. The Morgan fingerprint density at radius 3 is 1.68 bits per heavy atom. The van der Waals surface area contributed by atoms with Gasteiger partial charge in [-0.2, -0.15) is 0 Å². The third-order valence-electron chi connectivity index (χ3n) is 4.46. The summed E-state index contributed by atoms with van der Waals surface area (Å²) in [5.41, 5.74) is 4.35. The van der Waals surface area contributed by atoms with Crippen LogP contribution in [0.2, 0.25) is 19.6 Å². The fourth-order valence-electron chi connectivity index (χ4n) is 3.20. The van der Waals surface area contributed by atoms with Crippen molar-refractivity contribution in [1.29, 1.82) is 0 Å². The van der Waals surface area contributed by atoms with Gasteiger partial charge < -0.3 is 13.4 Å². The van der Waals surface area contributed by atoms with Gasteiger partial charge in [-0.1, -0.05) is 65.5 Å². The standard InChI is InChI=1S/C20H39NO2Si2/c1-10-22-24(23-11-2)15-21(25(7,8)9)20-18(16(3)4)13-12-14-19(20)17(5)6/h12-14,16-17,24H,10-11,15H2,1-9H3. The first-order chi connectivity index (χ1) is 11.6. The van der Waals surface area contributed by atoms with Crippen LogP contribution >= 0.6 is 0 Å². The fourth-order valence-corrected chi connectivity index (χ4v) is 8.30. The Morgan fingerprint density at radius 2 is 1.36 bits per heavy atom. The largest absolute Gasteiger partial charge is 0.396 e. The lowest BCUT2D eigenvalue weighted by atomic mass is 9.93. The minimum absolute atomic E-state index is 0.506. The zero-order chi connectivity index (χ0) is 19.2. The summed E-state index contributed by atoms with van der Waals surface area (Å²) >= 11 is 0. The van der Waals surface area contributed by atoms with E-state index in [-0.39, 0.29) is 0 Å². The predicted octanol–water partition coefficient (Wildman–Crippen LogP) is 5.41. The number of hydrogen-bond acceptors (Lipinski definition) is 3. The van der Waals surface area contributed by atoms with E-state index in [0.717, 1.165) is 19.4 Å². The molecule has 0 fully saturated rings. The molecule has 5 heteroatoms. The molecule has 0 heterocycles. The zero-order valence-corrected chi connectivity index (χ0v) is 20.0. The lowest BCUT2D eigenvalue weighted by Gasteiger charge is -2.41. The van der Waals surface area contributed by atoms with Crippen molar-refractivity contribution in [3.05, 3.63) is 29.3 Å². The van der Waals surface area contributed by atoms with E-state index in [4.69, 9.17) is 8.85 Å². The first kappa shape index (κ1) is 22.4. The number of anilines is 1. The van der Waals surface area contributed by atoms with Gasteiger partial charge in [0.2, 0.25) is 0 Å². The molecule has 0 amide bonds. The lowest BCUT2D eigenvalue weighted by Crippen LogP contribution is -2.53. The van der Waals surface area contributed by atoms with Crippen LogP contribution in [0.1, 0.15) is 64.5 Å². The van der Waals surface area contributed by atoms with Crippen LogP contribution in [0.3, 0.4) is 0 Å². The summed E-state index contributed by atoms with van der Waals surface area (Å²) in [6.45, 7) is 22.1. The third kappa shape index (κ3) is 6.24. The third-order valence-corrected chi connectivity index (χ3v) is 8.92. The average molecular weight is 382 g/mol. The van der Waals surface area contributed by atoms with E-state index in [1.165, 1.54) is 16.8 Å². The van der Waals surface area contributed by atoms with E-state index in [0.29, 0.717) is 11.8 Å². The molecule has 3 nitrogen and oxygen atoms in total. The minimum atomic E-state index is -1.70. The predicted molar refractivity (Wildman–Crippen MR) is 116 cm³/mol. The van der Waals surface area contributed by atoms with Gasteiger partial charge in [0.15, 0.2) is 0 Å². The Morgan fingerprint density at radius 1 is 0.920 bits per heavy atom. The quantitative estimate of drug-likeness (QED) is 0.506. The van der Waals surface area contributed by atoms with E-state index >= 15 is 0 Å². The molecule has 0 aromatic heterocycles. The van der Waals surface area contributed by atoms with Gasteiger partial charge in [-0.25, -0.2) is 0 Å². The van der Waals surface area contributed by atoms with Crippen molar-refractivity contribution in [2.45, 2.75) is 73.0 Å². The van der Waals surface area contributed by atoms with E-state index in [2.05, 4.69) is 83.9 Å². The second-order valence-corrected chi connectivity index (χ2v) is 15.0. The van der Waals surface area contributed by atoms with Crippen LogP contribution in [0.4, 0.5) is 5.69 Å². The van der Waals surface area contributed by atoms with Gasteiger partial charge in [-0.3, -0.25) is 0 Å². The van der Waals surface area contributed by atoms with Crippen LogP contribution in [-0.4, -0.2) is 36.9 Å². The summed E-state index contributed by atoms with van der Waals surface area (Å²) in [6.07, 6.45) is 0.931. The van der Waals surface area contributed by atoms with E-state index < -0.39 is 17.5 Å². The minimum Gasteiger partial charge on any atom is -0.396 e. The Bertz CT molecular complexity index is 495. The van der Waals surface area contributed by atoms with Gasteiger partial charge in [0.25, 0.3) is 0 Å². The van der Waals surface area contributed by atoms with Crippen LogP contribution in [0, 0.1) is 0 Å². The molecule has 0 spiro atoms. The molecule has 0 bridgehead atoms. The summed E-state index contributed by atoms with van der Waals surface area (Å²) < 4.78 is 14.7. The Balaban J connectivity index is 3.45. The monoisotopic (exact) mass is 381 g/mol. The molecular weight excluding hydrogens is 342 g/mol. The smallest absolute Gasteiger partial charge is 0.340 e. The number of rotatable bonds is 10. The molecule has 0 aliphatic carbocycles. The highest BCUT2D eigenvalue weighted by Gasteiger charge is 2.32. The molecule has 144 valence electrons. The van der Waals surface area contributed by atoms with E-state index in [1.54, 1.807) is 0 Å². The molecule has 1 aromatic carbocycles. The van der Waals surface area contributed by atoms with Gasteiger partial charge in [0.05, 0.1) is 6.17 Å². The van der Waals surface area contributed by atoms with Gasteiger partial charge in [0.1, 0.15) is 8.24 Å². The van der Waals surface area contributed by atoms with Crippen LogP contribution < -0.4 is 4.57 Å². The van der Waals surface area contributed by atoms with Gasteiger partial charge in [-0.05, 0) is 36.8 Å². The molecule has 0 aliphatic rings. The highest BCUT2D eigenvalue weighted by Crippen LogP contribution is 2.37. The zero-order valence-electron chi connectivity index (χ0n) is 17.8. The number of para-hydroxylation sites is 1. The number of nitrogens with zero attached hydrogens (tertiary/aromatic N) is 1. The van der Waals surface area contributed by atoms with Crippen LogP contribution in [-0.2, 0) is 8.85 Å². The summed E-state index contributed by atoms with van der Waals surface area (Å²) in [5, 5.41) is 0. The van der Waals surface area contributed by atoms with Crippen LogP contribution in [0.15, 0.2) is 18.2 Å². The second-order valence-electron chi connectivity index (χ2n) is 8.22. The molecule has 0 aliphatic heterocycles. The first-order valence-electron chi connectivity index (χ1n) is 9.77. The fraction of sp³-hybridized carbons (Fsp3) is 0.700. The van der Waals surface area contributed by atoms with Crippen molar-refractivity contribution < 1.29 is 8.85 Å². The second kappa shape index (κ2) is 9.90. The summed E-state index contributed by atoms with van der Waals surface area (Å²) in [5.74, 6) is 1.01. The number of benzene rings is 1. The number of hydrogen-bond donors (Lipinski definition) is 0. The molecule has 0 saturated heterocycles. The highest BCUT2D eigenvalue weighted by atomic mass is 28.3. The molecule has 0 saturated carbocycles. The molecule has 25 heavy (non-hydrogen) atoms. The maximum atomic E-state index is 6.03. The average Bonchev–Trinajstić information content (AvgIpc) is 2.50. The molecule has 1 rings (SSSR count). The highest BCUT2D eigenvalue weighted by molar-refractivity contribution is 6.80. The molecule has 0 radical (unpaired) electrons. The van der Waals surface area contributed by atoms with Crippen molar-refractivity contribution >= 4 is 23.2 Å². The maximum absolute atomic E-state index is 6.03. The Hall–Kier alpha value is -0.626. The summed E-state index contributed by atoms with van der Waals surface area (Å²) in [4.78, 5) is 0. The first-order valence-corrected chi connectivity index (χ1v) is 15.0. The molecule has 0 N–H and O–H groups in total. The topological polar surface area (TPSA) is 21.7 Å². The van der Waals surface area contributed by atoms with Gasteiger partial charge >= 0.3 is 9.28 Å². The van der Waals surface area contributed by atoms with Crippen molar-refractivity contribution in [2.24, 2.45) is 0 Å². The Kier molecular flexibility index (Phi) is 8.88. The van der Waals surface area contributed by atoms with Crippen LogP contribution in [0.25, 0.3) is 0 Å². The van der Waals surface area contributed by atoms with Crippen molar-refractivity contribution in [2.75, 3.05) is 23.9 Å². The molecule has 0 atom stereocenters. The normalized spacial score (nSPS) is 12.5. The summed E-state index contributed by atoms with van der Waals surface area (Å²) in [7, 11) is -3.30. The lowest BCUT2D eigenvalue weighted by molar-refractivity contribution is 0.215.